The Balaban J connectivity index is 1.81. The van der Waals surface area contributed by atoms with E-state index in [1.807, 2.05) is 0 Å². The van der Waals surface area contributed by atoms with Gasteiger partial charge < -0.3 is 9.53 Å². The van der Waals surface area contributed by atoms with Gasteiger partial charge in [0.05, 0.1) is 0 Å². The van der Waals surface area contributed by atoms with Gasteiger partial charge in [0.1, 0.15) is 5.60 Å². The van der Waals surface area contributed by atoms with Crippen LogP contribution in [0.5, 0.6) is 0 Å². The van der Waals surface area contributed by atoms with Crippen molar-refractivity contribution in [2.75, 3.05) is 6.61 Å². The zero-order valence-electron chi connectivity index (χ0n) is 22.1. The summed E-state index contributed by atoms with van der Waals surface area (Å²) in [4.78, 5) is 0. The monoisotopic (exact) mass is 496 g/mol. The van der Waals surface area contributed by atoms with E-state index in [1.54, 1.807) is 0 Å². The molecule has 0 saturated heterocycles. The van der Waals surface area contributed by atoms with Crippen LogP contribution in [0.4, 0.5) is 0 Å². The van der Waals surface area contributed by atoms with Crippen molar-refractivity contribution in [2.45, 2.75) is 69.9 Å². The van der Waals surface area contributed by atoms with Crippen molar-refractivity contribution in [2.24, 2.45) is 17.3 Å². The summed E-state index contributed by atoms with van der Waals surface area (Å²) in [5.41, 5.74) is -0.972. The van der Waals surface area contributed by atoms with Gasteiger partial charge in [-0.1, -0.05) is 100 Å². The van der Waals surface area contributed by atoms with E-state index in [4.69, 9.17) is 17.3 Å². The number of benzene rings is 2. The minimum Gasteiger partial charge on any atom is -0.407 e. The molecule has 0 bridgehead atoms. The summed E-state index contributed by atoms with van der Waals surface area (Å²) >= 11 is 0. The molecule has 1 N–H and O–H groups in total. The molecule has 2 saturated carbocycles. The highest BCUT2D eigenvalue weighted by molar-refractivity contribution is 6.99. The smallest absolute Gasteiger partial charge is 0.261 e. The van der Waals surface area contributed by atoms with Crippen molar-refractivity contribution < 1.29 is 9.53 Å². The van der Waals surface area contributed by atoms with E-state index >= 15 is 0 Å². The van der Waals surface area contributed by atoms with E-state index in [1.165, 1.54) is 10.4 Å². The van der Waals surface area contributed by atoms with E-state index in [2.05, 4.69) is 99.9 Å². The van der Waals surface area contributed by atoms with E-state index in [-0.39, 0.29) is 16.9 Å². The van der Waals surface area contributed by atoms with Gasteiger partial charge in [0.25, 0.3) is 8.32 Å². The first-order valence-electron chi connectivity index (χ1n) is 13.3. The molecule has 2 aliphatic carbocycles. The molecule has 2 aromatic rings. The molecule has 2 fully saturated rings. The molecule has 0 heterocycles. The first kappa shape index (κ1) is 26.5. The molecule has 0 aromatic heterocycles. The fourth-order valence-corrected chi connectivity index (χ4v) is 11.7. The van der Waals surface area contributed by atoms with Crippen LogP contribution in [-0.2, 0) is 4.43 Å². The Morgan fingerprint density at radius 1 is 0.972 bits per heavy atom. The third-order valence-electron chi connectivity index (χ3n) is 8.94. The number of hydrogen-bond donors (Lipinski definition) is 1. The van der Waals surface area contributed by atoms with Crippen molar-refractivity contribution >= 4 is 18.7 Å². The number of terminal acetylenes is 2. The molecule has 2 nitrogen and oxygen atoms in total. The van der Waals surface area contributed by atoms with Crippen LogP contribution in [0.15, 0.2) is 72.8 Å². The van der Waals surface area contributed by atoms with Crippen LogP contribution in [0.1, 0.15) is 59.3 Å². The first-order chi connectivity index (χ1) is 17.2. The fourth-order valence-electron chi connectivity index (χ4n) is 7.14. The second kappa shape index (κ2) is 10.1. The number of aliphatic hydroxyl groups is 1. The van der Waals surface area contributed by atoms with Gasteiger partial charge in [0.2, 0.25) is 0 Å². The molecule has 4 atom stereocenters. The molecule has 0 aliphatic heterocycles. The van der Waals surface area contributed by atoms with E-state index < -0.39 is 19.3 Å². The summed E-state index contributed by atoms with van der Waals surface area (Å²) in [6.07, 6.45) is 17.3. The first-order valence-corrected chi connectivity index (χ1v) is 15.2. The standard InChI is InChI=1S/C33H40O2Si/c1-7-27-17-15-18-28(33(27)24-16-23-32(34,8-2)26(33)3)25-35-36(31(4,5)6,29-19-11-9-12-20-29)30-21-13-10-14-22-30/h1-2,9-14,19-22,27-28,34H,3,15-18,23-25H2,4-6H3/t27-,28-,32+,33+/m1/s1. The predicted molar refractivity (Wildman–Crippen MR) is 152 cm³/mol. The normalized spacial score (nSPS) is 28.9. The summed E-state index contributed by atoms with van der Waals surface area (Å²) in [6.45, 7) is 11.9. The Labute approximate surface area is 219 Å². The molecular weight excluding hydrogens is 456 g/mol. The molecule has 4 rings (SSSR count). The van der Waals surface area contributed by atoms with Crippen molar-refractivity contribution in [3.8, 4) is 24.7 Å². The van der Waals surface area contributed by atoms with Gasteiger partial charge in [0.15, 0.2) is 0 Å². The Kier molecular flexibility index (Phi) is 7.41. The second-order valence-corrected chi connectivity index (χ2v) is 16.0. The van der Waals surface area contributed by atoms with Crippen molar-refractivity contribution in [1.82, 2.24) is 0 Å². The van der Waals surface area contributed by atoms with Crippen molar-refractivity contribution in [1.29, 1.82) is 0 Å². The SMILES string of the molecule is C#C[C@@H]1CCC[C@H](CO[Si](c2ccccc2)(c2ccccc2)C(C)(C)C)[C@]12CCC[C@@](O)(C#C)C2=C. The highest BCUT2D eigenvalue weighted by atomic mass is 28.4. The summed E-state index contributed by atoms with van der Waals surface area (Å²) in [5, 5.41) is 13.8. The van der Waals surface area contributed by atoms with Gasteiger partial charge in [-0.3, -0.25) is 0 Å². The molecule has 2 aliphatic rings. The zero-order chi connectivity index (χ0) is 26.0. The summed E-state index contributed by atoms with van der Waals surface area (Å²) < 4.78 is 7.37. The van der Waals surface area contributed by atoms with Gasteiger partial charge in [-0.15, -0.1) is 18.8 Å². The van der Waals surface area contributed by atoms with E-state index in [0.29, 0.717) is 13.0 Å². The van der Waals surface area contributed by atoms with Crippen LogP contribution in [0.25, 0.3) is 0 Å². The Hall–Kier alpha value is -2.56. The van der Waals surface area contributed by atoms with Gasteiger partial charge in [-0.25, -0.2) is 0 Å². The molecule has 36 heavy (non-hydrogen) atoms. The third kappa shape index (κ3) is 4.18. The number of hydrogen-bond acceptors (Lipinski definition) is 2. The average Bonchev–Trinajstić information content (AvgIpc) is 2.88. The van der Waals surface area contributed by atoms with Crippen LogP contribution < -0.4 is 10.4 Å². The maximum atomic E-state index is 11.4. The predicted octanol–water partition coefficient (Wildman–Crippen LogP) is 5.70. The summed E-state index contributed by atoms with van der Waals surface area (Å²) in [5.74, 6) is 5.92. The highest BCUT2D eigenvalue weighted by Gasteiger charge is 2.57. The third-order valence-corrected chi connectivity index (χ3v) is 13.9. The van der Waals surface area contributed by atoms with Crippen LogP contribution in [0.2, 0.25) is 5.04 Å². The van der Waals surface area contributed by atoms with Crippen LogP contribution in [-0.4, -0.2) is 25.6 Å². The molecule has 188 valence electrons. The van der Waals surface area contributed by atoms with Crippen LogP contribution in [0, 0.1) is 41.9 Å². The Morgan fingerprint density at radius 3 is 2.06 bits per heavy atom. The van der Waals surface area contributed by atoms with Gasteiger partial charge in [-0.2, -0.15) is 0 Å². The second-order valence-electron chi connectivity index (χ2n) is 11.7. The minimum absolute atomic E-state index is 0.00618. The lowest BCUT2D eigenvalue weighted by Gasteiger charge is -2.56. The zero-order valence-corrected chi connectivity index (χ0v) is 23.1. The number of rotatable bonds is 5. The lowest BCUT2D eigenvalue weighted by atomic mass is 9.50. The fraction of sp³-hybridized carbons (Fsp3) is 0.455. The largest absolute Gasteiger partial charge is 0.407 e. The van der Waals surface area contributed by atoms with E-state index in [0.717, 1.165) is 37.7 Å². The maximum Gasteiger partial charge on any atom is 0.261 e. The van der Waals surface area contributed by atoms with Crippen LogP contribution >= 0.6 is 0 Å². The molecule has 1 spiro atoms. The molecule has 2 aromatic carbocycles. The van der Waals surface area contributed by atoms with Crippen molar-refractivity contribution in [3.05, 3.63) is 72.8 Å². The van der Waals surface area contributed by atoms with Gasteiger partial charge >= 0.3 is 0 Å². The van der Waals surface area contributed by atoms with Gasteiger partial charge in [0, 0.05) is 17.9 Å². The van der Waals surface area contributed by atoms with E-state index in [9.17, 15) is 5.11 Å². The Bertz CT molecular complexity index is 1110. The molecule has 0 amide bonds. The summed E-state index contributed by atoms with van der Waals surface area (Å²) in [7, 11) is -2.70. The maximum absolute atomic E-state index is 11.4. The molecular formula is C33H40O2Si. The molecule has 3 heteroatoms. The highest BCUT2D eigenvalue weighted by Crippen LogP contribution is 2.59. The molecule has 0 unspecified atom stereocenters. The lowest BCUT2D eigenvalue weighted by molar-refractivity contribution is -0.0224. The van der Waals surface area contributed by atoms with Crippen LogP contribution in [0.3, 0.4) is 0 Å². The summed E-state index contributed by atoms with van der Waals surface area (Å²) in [6, 6.07) is 21.5. The van der Waals surface area contributed by atoms with Gasteiger partial charge in [-0.05, 0) is 59.0 Å². The molecule has 0 radical (unpaired) electrons. The quantitative estimate of drug-likeness (QED) is 0.327. The minimum atomic E-state index is -2.70. The van der Waals surface area contributed by atoms with Crippen molar-refractivity contribution in [3.63, 3.8) is 0 Å². The average molecular weight is 497 g/mol. The Morgan fingerprint density at radius 2 is 1.56 bits per heavy atom. The lowest BCUT2D eigenvalue weighted by Crippen LogP contribution is -2.67. The topological polar surface area (TPSA) is 29.5 Å².